The van der Waals surface area contributed by atoms with Crippen molar-refractivity contribution in [3.8, 4) is 5.75 Å². The van der Waals surface area contributed by atoms with Crippen molar-refractivity contribution in [3.63, 3.8) is 0 Å². The lowest BCUT2D eigenvalue weighted by atomic mass is 10.2. The number of carbonyl (C=O) groups is 1. The molecule has 0 spiro atoms. The van der Waals surface area contributed by atoms with Gasteiger partial charge in [-0.1, -0.05) is 65.4 Å². The number of thiazole rings is 1. The molecule has 1 aromatic heterocycles. The molecule has 6 rings (SSSR count). The fourth-order valence-corrected chi connectivity index (χ4v) is 7.82. The summed E-state index contributed by atoms with van der Waals surface area (Å²) < 4.78 is 42.9. The molecule has 0 aliphatic carbocycles. The van der Waals surface area contributed by atoms with Crippen LogP contribution in [0, 0.1) is 6.92 Å². The highest BCUT2D eigenvalue weighted by molar-refractivity contribution is 7.97. The van der Waals surface area contributed by atoms with Gasteiger partial charge in [0, 0.05) is 12.2 Å². The lowest BCUT2D eigenvalue weighted by molar-refractivity contribution is 0.0225. The molecular formula is C36H32N2O6S3. The second kappa shape index (κ2) is 15.9. The molecule has 1 N–H and O–H groups in total. The Balaban J connectivity index is 0.000000335. The van der Waals surface area contributed by atoms with Crippen LogP contribution in [0.15, 0.2) is 147 Å². The Kier molecular flexibility index (Phi) is 11.4. The fourth-order valence-electron chi connectivity index (χ4n) is 4.38. The van der Waals surface area contributed by atoms with Crippen LogP contribution in [-0.4, -0.2) is 37.3 Å². The normalized spacial score (nSPS) is 11.1. The van der Waals surface area contributed by atoms with Crippen LogP contribution in [-0.2, 0) is 25.7 Å². The summed E-state index contributed by atoms with van der Waals surface area (Å²) in [6.07, 6.45) is 0. The van der Waals surface area contributed by atoms with E-state index >= 15 is 0 Å². The van der Waals surface area contributed by atoms with Gasteiger partial charge in [0.25, 0.3) is 5.91 Å². The third-order valence-electron chi connectivity index (χ3n) is 6.71. The number of fused-ring (bicyclic) bond motifs is 1. The number of hydrogen-bond acceptors (Lipinski definition) is 8. The molecule has 0 saturated carbocycles. The number of benzene rings is 5. The third-order valence-corrected chi connectivity index (χ3v) is 10.7. The first-order valence-corrected chi connectivity index (χ1v) is 18.1. The monoisotopic (exact) mass is 684 g/mol. The number of rotatable bonds is 10. The van der Waals surface area contributed by atoms with E-state index in [2.05, 4.69) is 58.8 Å². The van der Waals surface area contributed by atoms with E-state index in [4.69, 9.17) is 9.47 Å². The number of ether oxygens (including phenoxy) is 2. The molecule has 0 unspecified atom stereocenters. The lowest BCUT2D eigenvalue weighted by Gasteiger charge is -2.08. The van der Waals surface area contributed by atoms with Crippen LogP contribution in [0.4, 0.5) is 5.13 Å². The number of anilines is 1. The number of amides is 1. The molecule has 1 heterocycles. The number of aromatic nitrogens is 1. The molecule has 5 aromatic carbocycles. The zero-order valence-corrected chi connectivity index (χ0v) is 28.1. The van der Waals surface area contributed by atoms with Crippen molar-refractivity contribution in [1.82, 2.24) is 4.98 Å². The van der Waals surface area contributed by atoms with Gasteiger partial charge in [-0.2, -0.15) is 0 Å². The molecule has 47 heavy (non-hydrogen) atoms. The zero-order valence-electron chi connectivity index (χ0n) is 25.7. The van der Waals surface area contributed by atoms with Crippen LogP contribution in [0.5, 0.6) is 5.75 Å². The molecule has 240 valence electrons. The summed E-state index contributed by atoms with van der Waals surface area (Å²) in [5.74, 6) is 0.521. The van der Waals surface area contributed by atoms with Gasteiger partial charge in [0.1, 0.15) is 15.9 Å². The first kappa shape index (κ1) is 33.8. The number of hydrogen-bond donors (Lipinski definition) is 1. The van der Waals surface area contributed by atoms with Gasteiger partial charge in [0.2, 0.25) is 0 Å². The van der Waals surface area contributed by atoms with Crippen LogP contribution in [0.1, 0.15) is 22.8 Å². The average molecular weight is 685 g/mol. The minimum atomic E-state index is -4.27. The van der Waals surface area contributed by atoms with E-state index in [9.17, 15) is 17.8 Å². The maximum absolute atomic E-state index is 13.0. The van der Waals surface area contributed by atoms with Crippen molar-refractivity contribution in [1.29, 1.82) is 0 Å². The maximum Gasteiger partial charge on any atom is 0.257 e. The van der Waals surface area contributed by atoms with Crippen molar-refractivity contribution in [2.45, 2.75) is 33.4 Å². The van der Waals surface area contributed by atoms with E-state index in [1.807, 2.05) is 68.4 Å². The third kappa shape index (κ3) is 9.28. The van der Waals surface area contributed by atoms with Crippen molar-refractivity contribution >= 4 is 53.6 Å². The van der Waals surface area contributed by atoms with Crippen molar-refractivity contribution in [2.75, 3.05) is 18.7 Å². The smallest absolute Gasteiger partial charge is 0.257 e. The summed E-state index contributed by atoms with van der Waals surface area (Å²) in [5, 5.41) is 3.49. The van der Waals surface area contributed by atoms with Crippen molar-refractivity contribution in [2.24, 2.45) is 0 Å². The van der Waals surface area contributed by atoms with E-state index in [0.717, 1.165) is 20.7 Å². The van der Waals surface area contributed by atoms with Gasteiger partial charge in [-0.25, -0.2) is 13.4 Å². The second-order valence-electron chi connectivity index (χ2n) is 10.1. The first-order valence-electron chi connectivity index (χ1n) is 14.6. The molecule has 1 amide bonds. The molecule has 11 heteroatoms. The SMILES string of the molecule is CCOCOc1ccc2nc(NC(=O)c3ccc([S+](c4ccccc4)c4ccccc4)cc3)sc2c1.Cc1ccc(S(=O)(=O)[O-])cc1. The van der Waals surface area contributed by atoms with E-state index < -0.39 is 10.1 Å². The summed E-state index contributed by atoms with van der Waals surface area (Å²) in [6, 6.07) is 40.2. The molecule has 0 bridgehead atoms. The van der Waals surface area contributed by atoms with Gasteiger partial charge < -0.3 is 14.0 Å². The van der Waals surface area contributed by atoms with Crippen LogP contribution in [0.2, 0.25) is 0 Å². The molecule has 8 nitrogen and oxygen atoms in total. The minimum absolute atomic E-state index is 0.178. The lowest BCUT2D eigenvalue weighted by Crippen LogP contribution is -2.12. The Hall–Kier alpha value is -4.52. The molecule has 0 atom stereocenters. The van der Waals surface area contributed by atoms with Crippen molar-refractivity contribution < 1.29 is 27.2 Å². The maximum atomic E-state index is 13.0. The Morgan fingerprint density at radius 3 is 2.00 bits per heavy atom. The second-order valence-corrected chi connectivity index (χ2v) is 14.5. The van der Waals surface area contributed by atoms with E-state index in [-0.39, 0.29) is 28.5 Å². The molecule has 0 saturated heterocycles. The van der Waals surface area contributed by atoms with Gasteiger partial charge in [-0.15, -0.1) is 0 Å². The van der Waals surface area contributed by atoms with E-state index in [1.54, 1.807) is 12.1 Å². The number of aryl methyl sites for hydroxylation is 1. The predicted molar refractivity (Wildman–Crippen MR) is 185 cm³/mol. The molecular weight excluding hydrogens is 653 g/mol. The zero-order chi connectivity index (χ0) is 33.2. The Morgan fingerprint density at radius 2 is 1.43 bits per heavy atom. The fraction of sp³-hybridized carbons (Fsp3) is 0.111. The highest BCUT2D eigenvalue weighted by Crippen LogP contribution is 2.32. The highest BCUT2D eigenvalue weighted by Gasteiger charge is 2.28. The largest absolute Gasteiger partial charge is 0.744 e. The molecule has 0 fully saturated rings. The number of nitrogens with one attached hydrogen (secondary N) is 1. The molecule has 0 aliphatic rings. The first-order chi connectivity index (χ1) is 22.7. The van der Waals surface area contributed by atoms with Gasteiger partial charge in [-0.3, -0.25) is 10.1 Å². The average Bonchev–Trinajstić information content (AvgIpc) is 3.48. The van der Waals surface area contributed by atoms with Gasteiger partial charge in [0.05, 0.1) is 26.0 Å². The standard InChI is InChI=1S/C29H24N2O3S2.C7H8O3S/c1-2-33-20-34-22-15-18-26-27(19-22)35-29(30-26)31-28(32)21-13-16-25(17-14-21)36(23-9-5-3-6-10-23)24-11-7-4-8-12-24;1-6-2-4-7(5-3-6)11(8,9)10/h3-19H,2,20H2,1H3;2-5H,1H3,(H,8,9,10). The topological polar surface area (TPSA) is 118 Å². The Morgan fingerprint density at radius 1 is 0.830 bits per heavy atom. The van der Waals surface area contributed by atoms with Gasteiger partial charge >= 0.3 is 0 Å². The number of nitrogens with zero attached hydrogens (tertiary/aromatic N) is 1. The van der Waals surface area contributed by atoms with Gasteiger partial charge in [-0.05, 0) is 92.7 Å². The highest BCUT2D eigenvalue weighted by atomic mass is 32.2. The summed E-state index contributed by atoms with van der Waals surface area (Å²) in [6.45, 7) is 4.54. The van der Waals surface area contributed by atoms with Crippen LogP contribution in [0.25, 0.3) is 10.2 Å². The van der Waals surface area contributed by atoms with Crippen LogP contribution >= 0.6 is 11.3 Å². The van der Waals surface area contributed by atoms with Crippen LogP contribution in [0.3, 0.4) is 0 Å². The number of carbonyl (C=O) groups excluding carboxylic acids is 1. The van der Waals surface area contributed by atoms with Crippen molar-refractivity contribution in [3.05, 3.63) is 139 Å². The minimum Gasteiger partial charge on any atom is -0.744 e. The van der Waals surface area contributed by atoms with Crippen LogP contribution < -0.4 is 10.1 Å². The Bertz CT molecular complexity index is 1980. The predicted octanol–water partition coefficient (Wildman–Crippen LogP) is 7.92. The quantitative estimate of drug-likeness (QED) is 0.0674. The Labute approximate surface area is 281 Å². The summed E-state index contributed by atoms with van der Waals surface area (Å²) in [7, 11) is -4.52. The summed E-state index contributed by atoms with van der Waals surface area (Å²) >= 11 is 1.41. The molecule has 6 aromatic rings. The van der Waals surface area contributed by atoms with E-state index in [1.165, 1.54) is 33.3 Å². The molecule has 0 radical (unpaired) electrons. The summed E-state index contributed by atoms with van der Waals surface area (Å²) in [4.78, 5) is 21.0. The summed E-state index contributed by atoms with van der Waals surface area (Å²) in [5.41, 5.74) is 2.32. The van der Waals surface area contributed by atoms with E-state index in [0.29, 0.717) is 23.1 Å². The molecule has 0 aliphatic heterocycles. The van der Waals surface area contributed by atoms with Gasteiger partial charge in [0.15, 0.2) is 26.6 Å².